The fraction of sp³-hybridized carbons (Fsp3) is 0. The molecule has 4 nitrogen and oxygen atoms in total. The van der Waals surface area contributed by atoms with Crippen molar-refractivity contribution >= 4 is 40.1 Å². The smallest absolute Gasteiger partial charge is 0.337 e. The summed E-state index contributed by atoms with van der Waals surface area (Å²) in [6, 6.07) is 10.1. The maximum atomic E-state index is 11.2. The van der Waals surface area contributed by atoms with E-state index in [0.29, 0.717) is 26.6 Å². The summed E-state index contributed by atoms with van der Waals surface area (Å²) in [7, 11) is 0. The summed E-state index contributed by atoms with van der Waals surface area (Å²) in [5, 5.41) is 17.8. The van der Waals surface area contributed by atoms with Crippen molar-refractivity contribution in [1.29, 1.82) is 0 Å². The van der Waals surface area contributed by atoms with Gasteiger partial charge in [-0.15, -0.1) is 0 Å². The minimum atomic E-state index is -1.00. The molecule has 0 aliphatic rings. The Bertz CT molecular complexity index is 807. The van der Waals surface area contributed by atoms with Crippen molar-refractivity contribution in [3.05, 3.63) is 52.0 Å². The molecule has 0 bridgehead atoms. The van der Waals surface area contributed by atoms with Crippen molar-refractivity contribution in [2.45, 2.75) is 0 Å². The number of fused-ring (bicyclic) bond motifs is 1. The number of hydrogen-bond acceptors (Lipinski definition) is 2. The SMILES string of the molecule is O=C(O)c1cccc2c(-c3cc(Cl)cc(Cl)c3)n[nH]c12. The van der Waals surface area contributed by atoms with Gasteiger partial charge in [0.1, 0.15) is 5.69 Å². The summed E-state index contributed by atoms with van der Waals surface area (Å²) in [5.41, 5.74) is 2.00. The fourth-order valence-electron chi connectivity index (χ4n) is 2.13. The average molecular weight is 307 g/mol. The zero-order valence-corrected chi connectivity index (χ0v) is 11.5. The van der Waals surface area contributed by atoms with Gasteiger partial charge in [-0.05, 0) is 24.3 Å². The Labute approximate surface area is 123 Å². The monoisotopic (exact) mass is 306 g/mol. The molecule has 0 aliphatic carbocycles. The second-order valence-electron chi connectivity index (χ2n) is 4.26. The summed E-state index contributed by atoms with van der Waals surface area (Å²) >= 11 is 12.0. The Hall–Kier alpha value is -2.04. The summed E-state index contributed by atoms with van der Waals surface area (Å²) < 4.78 is 0. The molecule has 3 rings (SSSR count). The number of rotatable bonds is 2. The number of carboxylic acids is 1. The number of carbonyl (C=O) groups is 1. The first-order valence-electron chi connectivity index (χ1n) is 5.73. The van der Waals surface area contributed by atoms with E-state index in [-0.39, 0.29) is 5.56 Å². The molecule has 2 aromatic carbocycles. The van der Waals surface area contributed by atoms with E-state index in [9.17, 15) is 4.79 Å². The topological polar surface area (TPSA) is 66.0 Å². The molecule has 20 heavy (non-hydrogen) atoms. The van der Waals surface area contributed by atoms with Gasteiger partial charge in [-0.2, -0.15) is 5.10 Å². The van der Waals surface area contributed by atoms with Crippen LogP contribution in [-0.2, 0) is 0 Å². The van der Waals surface area contributed by atoms with Crippen molar-refractivity contribution in [2.24, 2.45) is 0 Å². The quantitative estimate of drug-likeness (QED) is 0.744. The van der Waals surface area contributed by atoms with Crippen LogP contribution in [0.4, 0.5) is 0 Å². The largest absolute Gasteiger partial charge is 0.478 e. The fourth-order valence-corrected chi connectivity index (χ4v) is 2.66. The Morgan fingerprint density at radius 2 is 1.85 bits per heavy atom. The number of aromatic carboxylic acids is 1. The molecule has 1 aromatic heterocycles. The number of H-pyrrole nitrogens is 1. The number of hydrogen-bond donors (Lipinski definition) is 2. The van der Waals surface area contributed by atoms with E-state index in [2.05, 4.69) is 10.2 Å². The van der Waals surface area contributed by atoms with Crippen LogP contribution in [0.1, 0.15) is 10.4 Å². The third kappa shape index (κ3) is 2.13. The number of aromatic nitrogens is 2. The maximum Gasteiger partial charge on any atom is 0.337 e. The number of halogens is 2. The highest BCUT2D eigenvalue weighted by molar-refractivity contribution is 6.35. The zero-order valence-electron chi connectivity index (χ0n) is 10.0. The van der Waals surface area contributed by atoms with E-state index in [0.717, 1.165) is 5.56 Å². The van der Waals surface area contributed by atoms with Crippen LogP contribution in [0.25, 0.3) is 22.2 Å². The van der Waals surface area contributed by atoms with Gasteiger partial charge in [0.25, 0.3) is 0 Å². The van der Waals surface area contributed by atoms with Crippen molar-refractivity contribution in [1.82, 2.24) is 10.2 Å². The molecule has 0 fully saturated rings. The van der Waals surface area contributed by atoms with Gasteiger partial charge in [-0.3, -0.25) is 5.10 Å². The van der Waals surface area contributed by atoms with Gasteiger partial charge in [0.15, 0.2) is 0 Å². The molecule has 1 heterocycles. The molecule has 2 N–H and O–H groups in total. The molecule has 0 atom stereocenters. The van der Waals surface area contributed by atoms with Gasteiger partial charge in [-0.25, -0.2) is 4.79 Å². The van der Waals surface area contributed by atoms with Crippen LogP contribution < -0.4 is 0 Å². The lowest BCUT2D eigenvalue weighted by Crippen LogP contribution is -1.96. The van der Waals surface area contributed by atoms with E-state index in [1.165, 1.54) is 6.07 Å². The van der Waals surface area contributed by atoms with Gasteiger partial charge in [0.05, 0.1) is 11.1 Å². The molecule has 0 radical (unpaired) electrons. The highest BCUT2D eigenvalue weighted by atomic mass is 35.5. The van der Waals surface area contributed by atoms with Gasteiger partial charge in [-0.1, -0.05) is 35.3 Å². The Kier molecular flexibility index (Phi) is 3.12. The minimum absolute atomic E-state index is 0.175. The molecule has 100 valence electrons. The summed E-state index contributed by atoms with van der Waals surface area (Å²) in [6.45, 7) is 0. The molecule has 0 aliphatic heterocycles. The number of nitrogens with zero attached hydrogens (tertiary/aromatic N) is 1. The molecule has 0 saturated heterocycles. The van der Waals surface area contributed by atoms with Crippen molar-refractivity contribution in [3.8, 4) is 11.3 Å². The highest BCUT2D eigenvalue weighted by Crippen LogP contribution is 2.31. The van der Waals surface area contributed by atoms with Crippen molar-refractivity contribution in [3.63, 3.8) is 0 Å². The van der Waals surface area contributed by atoms with Crippen LogP contribution >= 0.6 is 23.2 Å². The lowest BCUT2D eigenvalue weighted by molar-refractivity contribution is 0.0699. The van der Waals surface area contributed by atoms with Crippen LogP contribution in [-0.4, -0.2) is 21.3 Å². The summed E-state index contributed by atoms with van der Waals surface area (Å²) in [4.78, 5) is 11.2. The number of benzene rings is 2. The molecule has 6 heteroatoms. The predicted molar refractivity (Wildman–Crippen MR) is 78.5 cm³/mol. The summed E-state index contributed by atoms with van der Waals surface area (Å²) in [5.74, 6) is -1.00. The van der Waals surface area contributed by atoms with Crippen LogP contribution in [0.2, 0.25) is 10.0 Å². The van der Waals surface area contributed by atoms with Gasteiger partial charge >= 0.3 is 5.97 Å². The predicted octanol–water partition coefficient (Wildman–Crippen LogP) is 4.23. The Balaban J connectivity index is 2.28. The van der Waals surface area contributed by atoms with Crippen LogP contribution in [0.15, 0.2) is 36.4 Å². The number of aromatic amines is 1. The third-order valence-corrected chi connectivity index (χ3v) is 3.40. The van der Waals surface area contributed by atoms with Gasteiger partial charge in [0, 0.05) is 21.0 Å². The first-order chi connectivity index (χ1) is 9.56. The highest BCUT2D eigenvalue weighted by Gasteiger charge is 2.15. The molecular formula is C14H8Cl2N2O2. The number of nitrogens with one attached hydrogen (secondary N) is 1. The first kappa shape index (κ1) is 13.0. The van der Waals surface area contributed by atoms with Crippen LogP contribution in [0.5, 0.6) is 0 Å². The van der Waals surface area contributed by atoms with E-state index in [1.54, 1.807) is 30.3 Å². The third-order valence-electron chi connectivity index (χ3n) is 2.97. The zero-order chi connectivity index (χ0) is 14.3. The van der Waals surface area contributed by atoms with E-state index in [1.807, 2.05) is 0 Å². The lowest BCUT2D eigenvalue weighted by atomic mass is 10.1. The normalized spacial score (nSPS) is 10.9. The second kappa shape index (κ2) is 4.81. The first-order valence-corrected chi connectivity index (χ1v) is 6.48. The second-order valence-corrected chi connectivity index (χ2v) is 5.14. The maximum absolute atomic E-state index is 11.2. The average Bonchev–Trinajstić information content (AvgIpc) is 2.80. The number of carboxylic acid groups (broad SMARTS) is 1. The van der Waals surface area contributed by atoms with Gasteiger partial charge in [0.2, 0.25) is 0 Å². The summed E-state index contributed by atoms with van der Waals surface area (Å²) in [6.07, 6.45) is 0. The Morgan fingerprint density at radius 1 is 1.15 bits per heavy atom. The van der Waals surface area contributed by atoms with Crippen molar-refractivity contribution in [2.75, 3.05) is 0 Å². The molecule has 0 unspecified atom stereocenters. The number of para-hydroxylation sites is 1. The molecule has 3 aromatic rings. The van der Waals surface area contributed by atoms with Crippen LogP contribution in [0.3, 0.4) is 0 Å². The molecular weight excluding hydrogens is 299 g/mol. The lowest BCUT2D eigenvalue weighted by Gasteiger charge is -2.01. The van der Waals surface area contributed by atoms with E-state index >= 15 is 0 Å². The van der Waals surface area contributed by atoms with Gasteiger partial charge < -0.3 is 5.11 Å². The van der Waals surface area contributed by atoms with Crippen molar-refractivity contribution < 1.29 is 9.90 Å². The minimum Gasteiger partial charge on any atom is -0.478 e. The molecule has 0 saturated carbocycles. The van der Waals surface area contributed by atoms with E-state index in [4.69, 9.17) is 28.3 Å². The van der Waals surface area contributed by atoms with Crippen LogP contribution in [0, 0.1) is 0 Å². The molecule has 0 amide bonds. The molecule has 0 spiro atoms. The Morgan fingerprint density at radius 3 is 2.50 bits per heavy atom. The standard InChI is InChI=1S/C14H8Cl2N2O2/c15-8-4-7(5-9(16)6-8)12-10-2-1-3-11(14(19)20)13(10)18-17-12/h1-6H,(H,17,18)(H,19,20). The van der Waals surface area contributed by atoms with E-state index < -0.39 is 5.97 Å².